The number of aromatic nitrogens is 1. The number of rotatable bonds is 5. The molecule has 2 aromatic heterocycles. The van der Waals surface area contributed by atoms with Gasteiger partial charge < -0.3 is 19.6 Å². The Hall–Kier alpha value is -2.76. The number of ether oxygens (including phenoxy) is 1. The lowest BCUT2D eigenvalue weighted by molar-refractivity contribution is 0.311. The Balaban J connectivity index is 2.01. The number of benzene rings is 2. The summed E-state index contributed by atoms with van der Waals surface area (Å²) in [5, 5.41) is 14.7. The molecule has 2 N–H and O–H groups in total. The molecule has 0 aliphatic heterocycles. The smallest absolute Gasteiger partial charge is 0.141 e. The number of furan rings is 1. The fraction of sp³-hybridized carbons (Fsp3) is 0.150. The van der Waals surface area contributed by atoms with Crippen LogP contribution < -0.4 is 10.1 Å². The topological polar surface area (TPSA) is 67.5 Å². The van der Waals surface area contributed by atoms with Crippen LogP contribution in [0.4, 0.5) is 5.82 Å². The SMILES string of the molecule is COc1ccc2oc3cc(NCCO)nc(-c4ccc(Cl)cc4)c3c2c1. The lowest BCUT2D eigenvalue weighted by atomic mass is 10.0. The highest BCUT2D eigenvalue weighted by atomic mass is 35.5. The van der Waals surface area contributed by atoms with Crippen LogP contribution in [0, 0.1) is 0 Å². The first-order chi connectivity index (χ1) is 12.7. The maximum atomic E-state index is 9.09. The second-order valence-corrected chi connectivity index (χ2v) is 6.29. The van der Waals surface area contributed by atoms with Crippen molar-refractivity contribution in [3.05, 3.63) is 53.6 Å². The molecule has 6 heteroatoms. The van der Waals surface area contributed by atoms with Crippen molar-refractivity contribution in [2.45, 2.75) is 0 Å². The van der Waals surface area contributed by atoms with Crippen molar-refractivity contribution in [1.29, 1.82) is 0 Å². The number of nitrogens with zero attached hydrogens (tertiary/aromatic N) is 1. The quantitative estimate of drug-likeness (QED) is 0.533. The number of halogens is 1. The molecule has 0 atom stereocenters. The van der Waals surface area contributed by atoms with Crippen LogP contribution in [0.2, 0.25) is 5.02 Å². The van der Waals surface area contributed by atoms with Gasteiger partial charge >= 0.3 is 0 Å². The summed E-state index contributed by atoms with van der Waals surface area (Å²) in [6, 6.07) is 15.1. The van der Waals surface area contributed by atoms with Gasteiger partial charge in [-0.25, -0.2) is 4.98 Å². The van der Waals surface area contributed by atoms with Gasteiger partial charge in [0.2, 0.25) is 0 Å². The minimum Gasteiger partial charge on any atom is -0.497 e. The van der Waals surface area contributed by atoms with Gasteiger partial charge in [0.25, 0.3) is 0 Å². The molecule has 2 heterocycles. The number of methoxy groups -OCH3 is 1. The molecule has 0 spiro atoms. The number of hydrogen-bond acceptors (Lipinski definition) is 5. The molecule has 4 aromatic rings. The van der Waals surface area contributed by atoms with Gasteiger partial charge in [0.15, 0.2) is 0 Å². The van der Waals surface area contributed by atoms with Gasteiger partial charge in [0, 0.05) is 28.6 Å². The van der Waals surface area contributed by atoms with E-state index in [1.54, 1.807) is 7.11 Å². The van der Waals surface area contributed by atoms with Gasteiger partial charge in [-0.3, -0.25) is 0 Å². The van der Waals surface area contributed by atoms with Crippen LogP contribution in [0.5, 0.6) is 5.75 Å². The number of aliphatic hydroxyl groups excluding tert-OH is 1. The number of pyridine rings is 1. The van der Waals surface area contributed by atoms with Crippen molar-refractivity contribution < 1.29 is 14.3 Å². The average molecular weight is 369 g/mol. The van der Waals surface area contributed by atoms with Crippen molar-refractivity contribution in [2.24, 2.45) is 0 Å². The lowest BCUT2D eigenvalue weighted by Gasteiger charge is -2.08. The molecule has 0 bridgehead atoms. The van der Waals surface area contributed by atoms with Crippen LogP contribution >= 0.6 is 11.6 Å². The molecule has 0 saturated carbocycles. The van der Waals surface area contributed by atoms with E-state index in [4.69, 9.17) is 30.8 Å². The summed E-state index contributed by atoms with van der Waals surface area (Å²) in [5.74, 6) is 1.40. The second kappa shape index (κ2) is 6.86. The highest BCUT2D eigenvalue weighted by molar-refractivity contribution is 6.30. The van der Waals surface area contributed by atoms with E-state index < -0.39 is 0 Å². The molecular formula is C20H17ClN2O3. The molecule has 0 saturated heterocycles. The van der Waals surface area contributed by atoms with Crippen molar-refractivity contribution in [2.75, 3.05) is 25.6 Å². The Labute approximate surface area is 155 Å². The molecule has 5 nitrogen and oxygen atoms in total. The van der Waals surface area contributed by atoms with E-state index in [0.717, 1.165) is 33.4 Å². The van der Waals surface area contributed by atoms with Crippen molar-refractivity contribution in [3.8, 4) is 17.0 Å². The minimum atomic E-state index is 0.0212. The Morgan fingerprint density at radius 2 is 1.92 bits per heavy atom. The van der Waals surface area contributed by atoms with Crippen LogP contribution in [-0.2, 0) is 0 Å². The molecule has 0 fully saturated rings. The molecule has 0 aliphatic carbocycles. The maximum Gasteiger partial charge on any atom is 0.141 e. The predicted molar refractivity (Wildman–Crippen MR) is 104 cm³/mol. The first kappa shape index (κ1) is 16.7. The maximum absolute atomic E-state index is 9.09. The van der Waals surface area contributed by atoms with Gasteiger partial charge in [-0.05, 0) is 30.3 Å². The van der Waals surface area contributed by atoms with Crippen LogP contribution in [0.3, 0.4) is 0 Å². The van der Waals surface area contributed by atoms with E-state index in [-0.39, 0.29) is 6.61 Å². The van der Waals surface area contributed by atoms with Gasteiger partial charge in [-0.2, -0.15) is 0 Å². The molecule has 0 aliphatic rings. The summed E-state index contributed by atoms with van der Waals surface area (Å²) in [5.41, 5.74) is 3.19. The molecule has 0 unspecified atom stereocenters. The van der Waals surface area contributed by atoms with Gasteiger partial charge in [-0.15, -0.1) is 0 Å². The third-order valence-electron chi connectivity index (χ3n) is 4.19. The largest absolute Gasteiger partial charge is 0.497 e. The number of anilines is 1. The minimum absolute atomic E-state index is 0.0212. The summed E-state index contributed by atoms with van der Waals surface area (Å²) in [7, 11) is 1.64. The summed E-state index contributed by atoms with van der Waals surface area (Å²) < 4.78 is 11.4. The number of hydrogen-bond donors (Lipinski definition) is 2. The van der Waals surface area contributed by atoms with Crippen LogP contribution in [-0.4, -0.2) is 30.4 Å². The zero-order chi connectivity index (χ0) is 18.1. The Morgan fingerprint density at radius 1 is 1.12 bits per heavy atom. The number of fused-ring (bicyclic) bond motifs is 3. The Bertz CT molecular complexity index is 1070. The molecule has 132 valence electrons. The monoisotopic (exact) mass is 368 g/mol. The third kappa shape index (κ3) is 2.96. The van der Waals surface area contributed by atoms with Crippen molar-refractivity contribution >= 4 is 39.4 Å². The standard InChI is InChI=1S/C20H17ClN2O3/c1-25-14-6-7-16-15(10-14)19-17(26-16)11-18(22-8-9-24)23-20(19)12-2-4-13(21)5-3-12/h2-7,10-11,24H,8-9H2,1H3,(H,22,23). The molecule has 26 heavy (non-hydrogen) atoms. The zero-order valence-electron chi connectivity index (χ0n) is 14.1. The van der Waals surface area contributed by atoms with Crippen molar-refractivity contribution in [1.82, 2.24) is 4.98 Å². The number of nitrogens with one attached hydrogen (secondary N) is 1. The highest BCUT2D eigenvalue weighted by Crippen LogP contribution is 2.38. The Morgan fingerprint density at radius 3 is 2.65 bits per heavy atom. The Kier molecular flexibility index (Phi) is 4.41. The lowest BCUT2D eigenvalue weighted by Crippen LogP contribution is -2.07. The van der Waals surface area contributed by atoms with E-state index in [9.17, 15) is 0 Å². The van der Waals surface area contributed by atoms with Crippen LogP contribution in [0.25, 0.3) is 33.2 Å². The normalized spacial score (nSPS) is 11.2. The molecule has 2 aromatic carbocycles. The van der Waals surface area contributed by atoms with E-state index >= 15 is 0 Å². The average Bonchev–Trinajstić information content (AvgIpc) is 3.03. The van der Waals surface area contributed by atoms with Crippen LogP contribution in [0.1, 0.15) is 0 Å². The molecular weight excluding hydrogens is 352 g/mol. The fourth-order valence-corrected chi connectivity index (χ4v) is 3.12. The summed E-state index contributed by atoms with van der Waals surface area (Å²) >= 11 is 6.04. The number of aliphatic hydroxyl groups is 1. The second-order valence-electron chi connectivity index (χ2n) is 5.85. The first-order valence-electron chi connectivity index (χ1n) is 8.21. The fourth-order valence-electron chi connectivity index (χ4n) is 2.99. The predicted octanol–water partition coefficient (Wildman–Crippen LogP) is 4.71. The summed E-state index contributed by atoms with van der Waals surface area (Å²) in [4.78, 5) is 4.75. The van der Waals surface area contributed by atoms with Crippen molar-refractivity contribution in [3.63, 3.8) is 0 Å². The molecule has 0 radical (unpaired) electrons. The summed E-state index contributed by atoms with van der Waals surface area (Å²) in [6.45, 7) is 0.430. The van der Waals surface area contributed by atoms with Gasteiger partial charge in [-0.1, -0.05) is 23.7 Å². The third-order valence-corrected chi connectivity index (χ3v) is 4.45. The summed E-state index contributed by atoms with van der Waals surface area (Å²) in [6.07, 6.45) is 0. The zero-order valence-corrected chi connectivity index (χ0v) is 14.9. The van der Waals surface area contributed by atoms with E-state index in [2.05, 4.69) is 5.32 Å². The van der Waals surface area contributed by atoms with Gasteiger partial charge in [0.1, 0.15) is 22.7 Å². The highest BCUT2D eigenvalue weighted by Gasteiger charge is 2.16. The van der Waals surface area contributed by atoms with E-state index in [0.29, 0.717) is 23.0 Å². The van der Waals surface area contributed by atoms with Gasteiger partial charge in [0.05, 0.1) is 24.8 Å². The molecule has 4 rings (SSSR count). The van der Waals surface area contributed by atoms with E-state index in [1.165, 1.54) is 0 Å². The van der Waals surface area contributed by atoms with Crippen LogP contribution in [0.15, 0.2) is 52.9 Å². The first-order valence-corrected chi connectivity index (χ1v) is 8.59. The van der Waals surface area contributed by atoms with E-state index in [1.807, 2.05) is 48.5 Å². The molecule has 0 amide bonds.